The summed E-state index contributed by atoms with van der Waals surface area (Å²) in [6.07, 6.45) is 1.54. The molecule has 3 rings (SSSR count). The summed E-state index contributed by atoms with van der Waals surface area (Å²) in [4.78, 5) is 0.245. The molecular formula is C23H24ClNO3S. The van der Waals surface area contributed by atoms with Crippen molar-refractivity contribution in [1.29, 1.82) is 0 Å². The SMILES string of the molecule is COc1ccc(CN(CCCc2ccccc2)S(=O)(=O)c2ccc(Cl)cc2)cc1. The fraction of sp³-hybridized carbons (Fsp3) is 0.217. The van der Waals surface area contributed by atoms with Crippen molar-refractivity contribution < 1.29 is 13.2 Å². The van der Waals surface area contributed by atoms with E-state index in [2.05, 4.69) is 12.1 Å². The lowest BCUT2D eigenvalue weighted by Crippen LogP contribution is -2.32. The number of methoxy groups -OCH3 is 1. The van der Waals surface area contributed by atoms with E-state index in [0.717, 1.165) is 24.2 Å². The van der Waals surface area contributed by atoms with Crippen LogP contribution in [0.15, 0.2) is 83.8 Å². The van der Waals surface area contributed by atoms with Crippen LogP contribution in [0.3, 0.4) is 0 Å². The van der Waals surface area contributed by atoms with Crippen LogP contribution in [0.4, 0.5) is 0 Å². The van der Waals surface area contributed by atoms with Gasteiger partial charge in [-0.25, -0.2) is 8.42 Å². The zero-order valence-corrected chi connectivity index (χ0v) is 17.9. The second kappa shape index (κ2) is 9.92. The Morgan fingerprint density at radius 2 is 1.52 bits per heavy atom. The molecule has 4 nitrogen and oxygen atoms in total. The smallest absolute Gasteiger partial charge is 0.243 e. The second-order valence-electron chi connectivity index (χ2n) is 6.73. The maximum atomic E-state index is 13.3. The van der Waals surface area contributed by atoms with Gasteiger partial charge in [0, 0.05) is 18.1 Å². The van der Waals surface area contributed by atoms with Gasteiger partial charge in [-0.15, -0.1) is 0 Å². The van der Waals surface area contributed by atoms with E-state index in [9.17, 15) is 8.42 Å². The van der Waals surface area contributed by atoms with Crippen molar-refractivity contribution >= 4 is 21.6 Å². The van der Waals surface area contributed by atoms with E-state index in [1.54, 1.807) is 31.4 Å². The minimum atomic E-state index is -3.64. The Morgan fingerprint density at radius 1 is 0.862 bits per heavy atom. The lowest BCUT2D eigenvalue weighted by atomic mass is 10.1. The van der Waals surface area contributed by atoms with Crippen molar-refractivity contribution in [2.75, 3.05) is 13.7 Å². The molecule has 152 valence electrons. The number of sulfonamides is 1. The molecule has 0 bridgehead atoms. The zero-order chi connectivity index (χ0) is 20.7. The molecule has 3 aromatic rings. The summed E-state index contributed by atoms with van der Waals surface area (Å²) in [6.45, 7) is 0.718. The summed E-state index contributed by atoms with van der Waals surface area (Å²) >= 11 is 5.93. The maximum absolute atomic E-state index is 13.3. The molecule has 0 heterocycles. The van der Waals surface area contributed by atoms with Crippen LogP contribution in [0, 0.1) is 0 Å². The fourth-order valence-electron chi connectivity index (χ4n) is 3.08. The van der Waals surface area contributed by atoms with Crippen molar-refractivity contribution in [2.24, 2.45) is 0 Å². The lowest BCUT2D eigenvalue weighted by Gasteiger charge is -2.22. The Labute approximate surface area is 177 Å². The molecule has 0 aliphatic heterocycles. The van der Waals surface area contributed by atoms with Gasteiger partial charge in [-0.1, -0.05) is 54.1 Å². The van der Waals surface area contributed by atoms with Gasteiger partial charge in [0.1, 0.15) is 5.75 Å². The number of hydrogen-bond acceptors (Lipinski definition) is 3. The average molecular weight is 430 g/mol. The van der Waals surface area contributed by atoms with E-state index in [4.69, 9.17) is 16.3 Å². The molecule has 0 N–H and O–H groups in total. The zero-order valence-electron chi connectivity index (χ0n) is 16.3. The first-order valence-electron chi connectivity index (χ1n) is 9.41. The molecule has 6 heteroatoms. The molecule has 0 spiro atoms. The molecule has 29 heavy (non-hydrogen) atoms. The standard InChI is InChI=1S/C23H24ClNO3S/c1-28-22-13-9-20(10-14-22)18-25(17-5-8-19-6-3-2-4-7-19)29(26,27)23-15-11-21(24)12-16-23/h2-4,6-7,9-16H,5,8,17-18H2,1H3. The highest BCUT2D eigenvalue weighted by molar-refractivity contribution is 7.89. The summed E-state index contributed by atoms with van der Waals surface area (Å²) in [6, 6.07) is 23.8. The van der Waals surface area contributed by atoms with Crippen LogP contribution < -0.4 is 4.74 Å². The molecule has 0 unspecified atom stereocenters. The highest BCUT2D eigenvalue weighted by atomic mass is 35.5. The number of hydrogen-bond donors (Lipinski definition) is 0. The molecule has 0 fully saturated rings. The predicted octanol–water partition coefficient (Wildman–Crippen LogP) is 5.17. The van der Waals surface area contributed by atoms with Gasteiger partial charge >= 0.3 is 0 Å². The largest absolute Gasteiger partial charge is 0.497 e. The first-order chi connectivity index (χ1) is 14.0. The summed E-state index contributed by atoms with van der Waals surface area (Å²) in [5.41, 5.74) is 2.10. The summed E-state index contributed by atoms with van der Waals surface area (Å²) in [7, 11) is -2.04. The third-order valence-electron chi connectivity index (χ3n) is 4.69. The Morgan fingerprint density at radius 3 is 2.14 bits per heavy atom. The molecule has 0 saturated carbocycles. The van der Waals surface area contributed by atoms with Crippen molar-refractivity contribution in [3.05, 3.63) is 95.0 Å². The molecule has 0 amide bonds. The Hall–Kier alpha value is -2.34. The highest BCUT2D eigenvalue weighted by Crippen LogP contribution is 2.22. The monoisotopic (exact) mass is 429 g/mol. The summed E-state index contributed by atoms with van der Waals surface area (Å²) in [5.74, 6) is 0.741. The number of nitrogens with zero attached hydrogens (tertiary/aromatic N) is 1. The van der Waals surface area contributed by atoms with Gasteiger partial charge in [-0.2, -0.15) is 4.31 Å². The van der Waals surface area contributed by atoms with Crippen molar-refractivity contribution in [3.8, 4) is 5.75 Å². The van der Waals surface area contributed by atoms with Crippen molar-refractivity contribution in [1.82, 2.24) is 4.31 Å². The van der Waals surface area contributed by atoms with Crippen LogP contribution in [-0.2, 0) is 23.0 Å². The number of ether oxygens (including phenoxy) is 1. The minimum Gasteiger partial charge on any atom is -0.497 e. The van der Waals surface area contributed by atoms with E-state index >= 15 is 0 Å². The quantitative estimate of drug-likeness (QED) is 0.471. The van der Waals surface area contributed by atoms with Crippen LogP contribution in [-0.4, -0.2) is 26.4 Å². The third-order valence-corrected chi connectivity index (χ3v) is 6.80. The van der Waals surface area contributed by atoms with Gasteiger partial charge in [0.05, 0.1) is 12.0 Å². The Bertz CT molecular complexity index is 1000. The summed E-state index contributed by atoms with van der Waals surface area (Å²) in [5, 5.41) is 0.509. The molecular weight excluding hydrogens is 406 g/mol. The normalized spacial score (nSPS) is 11.6. The fourth-order valence-corrected chi connectivity index (χ4v) is 4.67. The first kappa shape index (κ1) is 21.4. The molecule has 0 atom stereocenters. The Kier molecular flexibility index (Phi) is 7.31. The van der Waals surface area contributed by atoms with E-state index < -0.39 is 10.0 Å². The van der Waals surface area contributed by atoms with Gasteiger partial charge in [0.25, 0.3) is 0 Å². The third kappa shape index (κ3) is 5.82. The second-order valence-corrected chi connectivity index (χ2v) is 9.10. The van der Waals surface area contributed by atoms with Crippen molar-refractivity contribution in [2.45, 2.75) is 24.3 Å². The highest BCUT2D eigenvalue weighted by Gasteiger charge is 2.24. The number of benzene rings is 3. The molecule has 0 radical (unpaired) electrons. The molecule has 3 aromatic carbocycles. The van der Waals surface area contributed by atoms with E-state index in [1.807, 2.05) is 42.5 Å². The van der Waals surface area contributed by atoms with Gasteiger partial charge in [-0.3, -0.25) is 0 Å². The van der Waals surface area contributed by atoms with E-state index in [0.29, 0.717) is 18.1 Å². The van der Waals surface area contributed by atoms with Crippen LogP contribution in [0.25, 0.3) is 0 Å². The van der Waals surface area contributed by atoms with Crippen molar-refractivity contribution in [3.63, 3.8) is 0 Å². The van der Waals surface area contributed by atoms with Crippen LogP contribution >= 0.6 is 11.6 Å². The predicted molar refractivity (Wildman–Crippen MR) is 117 cm³/mol. The maximum Gasteiger partial charge on any atom is 0.243 e. The van der Waals surface area contributed by atoms with Crippen LogP contribution in [0.5, 0.6) is 5.75 Å². The van der Waals surface area contributed by atoms with Crippen LogP contribution in [0.2, 0.25) is 5.02 Å². The van der Waals surface area contributed by atoms with E-state index in [1.165, 1.54) is 9.87 Å². The van der Waals surface area contributed by atoms with Gasteiger partial charge in [0.15, 0.2) is 0 Å². The van der Waals surface area contributed by atoms with Crippen LogP contribution in [0.1, 0.15) is 17.5 Å². The number of halogens is 1. The van der Waals surface area contributed by atoms with Gasteiger partial charge < -0.3 is 4.74 Å². The molecule has 0 aliphatic carbocycles. The van der Waals surface area contributed by atoms with Gasteiger partial charge in [-0.05, 0) is 60.4 Å². The first-order valence-corrected chi connectivity index (χ1v) is 11.2. The number of aryl methyl sites for hydroxylation is 1. The van der Waals surface area contributed by atoms with Gasteiger partial charge in [0.2, 0.25) is 10.0 Å². The lowest BCUT2D eigenvalue weighted by molar-refractivity contribution is 0.398. The Balaban J connectivity index is 1.80. The number of rotatable bonds is 9. The van der Waals surface area contributed by atoms with E-state index in [-0.39, 0.29) is 4.90 Å². The topological polar surface area (TPSA) is 46.6 Å². The molecule has 0 aliphatic rings. The molecule has 0 aromatic heterocycles. The minimum absolute atomic E-state index is 0.245. The summed E-state index contributed by atoms with van der Waals surface area (Å²) < 4.78 is 33.3. The molecule has 0 saturated heterocycles. The average Bonchev–Trinajstić information content (AvgIpc) is 2.74.